The number of anilines is 1. The number of unbranched alkanes of at least 4 members (excludes halogenated alkanes) is 20. The maximum absolute atomic E-state index is 14.3. The maximum atomic E-state index is 14.3. The van der Waals surface area contributed by atoms with Crippen LogP contribution in [-0.2, 0) is 0 Å². The number of hydrogen-bond donors (Lipinski definition) is 0. The Hall–Kier alpha value is -7.78. The summed E-state index contributed by atoms with van der Waals surface area (Å²) in [7, 11) is 3.79. The van der Waals surface area contributed by atoms with Gasteiger partial charge in [0.1, 0.15) is 28.7 Å². The van der Waals surface area contributed by atoms with E-state index in [-0.39, 0.29) is 40.6 Å². The second kappa shape index (κ2) is 40.1. The number of benzene rings is 6. The Bertz CT molecular complexity index is 3140. The molecule has 6 aromatic rings. The quantitative estimate of drug-likeness (QED) is 0.00905. The van der Waals surface area contributed by atoms with Crippen LogP contribution in [0.5, 0.6) is 34.5 Å². The predicted molar refractivity (Wildman–Crippen MR) is 367 cm³/mol. The van der Waals surface area contributed by atoms with Crippen LogP contribution in [0.1, 0.15) is 240 Å². The average molecular weight is 1230 g/mol. The Morgan fingerprint density at radius 1 is 0.433 bits per heavy atom. The second-order valence-corrected chi connectivity index (χ2v) is 24.2. The average Bonchev–Trinajstić information content (AvgIpc) is 1.83. The summed E-state index contributed by atoms with van der Waals surface area (Å²) in [6.07, 6.45) is 29.4. The zero-order valence-corrected chi connectivity index (χ0v) is 55.5. The summed E-state index contributed by atoms with van der Waals surface area (Å²) in [6.45, 7) is 14.2. The van der Waals surface area contributed by atoms with Crippen molar-refractivity contribution < 1.29 is 42.9 Å². The third kappa shape index (κ3) is 24.5. The molecule has 12 nitrogen and oxygen atoms in total. The third-order valence-electron chi connectivity index (χ3n) is 16.3. The van der Waals surface area contributed by atoms with Crippen molar-refractivity contribution in [3.8, 4) is 68.6 Å². The predicted octanol–water partition coefficient (Wildman–Crippen LogP) is 21.3. The molecule has 0 aliphatic rings. The van der Waals surface area contributed by atoms with Gasteiger partial charge in [0.05, 0.1) is 64.4 Å². The van der Waals surface area contributed by atoms with Gasteiger partial charge in [-0.25, -0.2) is 9.59 Å². The molecule has 0 aromatic heterocycles. The minimum absolute atomic E-state index is 0.139. The van der Waals surface area contributed by atoms with E-state index in [0.717, 1.165) is 111 Å². The summed E-state index contributed by atoms with van der Waals surface area (Å²) in [4.78, 5) is 42.4. The summed E-state index contributed by atoms with van der Waals surface area (Å²) in [5, 5.41) is 12.9. The number of carbonyl (C=O) groups is 2. The normalized spacial score (nSPS) is 11.7. The first-order chi connectivity index (χ1) is 43.8. The molecule has 2 atom stereocenters. The van der Waals surface area contributed by atoms with Crippen LogP contribution < -0.4 is 33.3 Å². The number of hydrogen-bond acceptors (Lipinski definition) is 11. The van der Waals surface area contributed by atoms with Crippen LogP contribution in [-0.4, -0.2) is 56.4 Å². The molecule has 0 spiro atoms. The summed E-state index contributed by atoms with van der Waals surface area (Å²) >= 11 is 0. The number of nitrogens with zero attached hydrogens (tertiary/aromatic N) is 2. The number of esters is 2. The van der Waals surface area contributed by atoms with Gasteiger partial charge in [-0.3, -0.25) is 10.1 Å². The van der Waals surface area contributed by atoms with E-state index in [1.54, 1.807) is 36.4 Å². The van der Waals surface area contributed by atoms with Gasteiger partial charge < -0.3 is 33.3 Å². The zero-order chi connectivity index (χ0) is 64.3. The molecule has 6 rings (SSSR count). The van der Waals surface area contributed by atoms with Crippen LogP contribution in [0.4, 0.5) is 11.4 Å². The highest BCUT2D eigenvalue weighted by molar-refractivity contribution is 5.93. The lowest BCUT2D eigenvalue weighted by molar-refractivity contribution is -0.385. The standard InChI is InChI=1S/C78H102N2O10/c1-9-13-17-21-23-25-27-31-53-85-69-49-45-63(46-50-69)61-35-39-65(40-36-61)77(81)89-74-57-71(79(7)8)75(88-60(6)34-30-20-16-12-4)55-68(74)44-43-67-56-76(72(80(83)84)58-73(67)87-59(5)33-29-19-15-11-3)90-78(82)66-41-37-62(38-42-66)64-47-51-70(52-48-64)86-54-32-28-26-24-22-18-14-10-2/h35-42,45-52,55-60H,9-34,53-54H2,1-8H3/t59-,60-/m0/s1. The van der Waals surface area contributed by atoms with Crippen molar-refractivity contribution in [1.29, 1.82) is 0 Å². The van der Waals surface area contributed by atoms with Crippen molar-refractivity contribution in [2.75, 3.05) is 32.2 Å². The fourth-order valence-corrected chi connectivity index (χ4v) is 10.8. The second-order valence-electron chi connectivity index (χ2n) is 24.2. The monoisotopic (exact) mass is 1230 g/mol. The summed E-state index contributed by atoms with van der Waals surface area (Å²) in [5.41, 5.74) is 5.02. The van der Waals surface area contributed by atoms with E-state index in [0.29, 0.717) is 42.2 Å². The van der Waals surface area contributed by atoms with Crippen LogP contribution in [0.2, 0.25) is 0 Å². The molecule has 6 aromatic carbocycles. The van der Waals surface area contributed by atoms with E-state index in [1.807, 2.05) is 106 Å². The highest BCUT2D eigenvalue weighted by Gasteiger charge is 2.25. The van der Waals surface area contributed by atoms with E-state index in [4.69, 9.17) is 28.4 Å². The lowest BCUT2D eigenvalue weighted by Gasteiger charge is -2.23. The summed E-state index contributed by atoms with van der Waals surface area (Å²) < 4.78 is 37.5. The fourth-order valence-electron chi connectivity index (χ4n) is 10.8. The Morgan fingerprint density at radius 2 is 0.778 bits per heavy atom. The smallest absolute Gasteiger partial charge is 0.343 e. The van der Waals surface area contributed by atoms with Gasteiger partial charge in [-0.2, -0.15) is 0 Å². The number of ether oxygens (including phenoxy) is 6. The minimum Gasteiger partial charge on any atom is -0.494 e. The van der Waals surface area contributed by atoms with Gasteiger partial charge >= 0.3 is 17.6 Å². The fraction of sp³-hybridized carbons (Fsp3) is 0.487. The lowest BCUT2D eigenvalue weighted by Crippen LogP contribution is -2.17. The first-order valence-corrected chi connectivity index (χ1v) is 33.9. The van der Waals surface area contributed by atoms with Crippen molar-refractivity contribution in [2.45, 2.75) is 221 Å². The molecule has 0 saturated carbocycles. The molecular weight excluding hydrogens is 1120 g/mol. The van der Waals surface area contributed by atoms with Crippen LogP contribution in [0.15, 0.2) is 121 Å². The number of nitro benzene ring substituents is 1. The Morgan fingerprint density at radius 3 is 1.18 bits per heavy atom. The van der Waals surface area contributed by atoms with Gasteiger partial charge in [0.25, 0.3) is 0 Å². The Balaban J connectivity index is 1.26. The topological polar surface area (TPSA) is 136 Å². The molecular formula is C78H102N2O10. The van der Waals surface area contributed by atoms with Crippen LogP contribution >= 0.6 is 0 Å². The molecule has 484 valence electrons. The summed E-state index contributed by atoms with van der Waals surface area (Å²) in [6, 6.07) is 36.3. The van der Waals surface area contributed by atoms with Gasteiger partial charge in [-0.1, -0.05) is 216 Å². The number of rotatable bonds is 42. The van der Waals surface area contributed by atoms with Crippen LogP contribution in [0.3, 0.4) is 0 Å². The molecule has 0 bridgehead atoms. The zero-order valence-electron chi connectivity index (χ0n) is 55.5. The van der Waals surface area contributed by atoms with Gasteiger partial charge in [0, 0.05) is 32.3 Å². The van der Waals surface area contributed by atoms with Crippen molar-refractivity contribution in [3.63, 3.8) is 0 Å². The molecule has 0 saturated heterocycles. The lowest BCUT2D eigenvalue weighted by atomic mass is 10.0. The first-order valence-electron chi connectivity index (χ1n) is 33.9. The largest absolute Gasteiger partial charge is 0.494 e. The molecule has 12 heteroatoms. The van der Waals surface area contributed by atoms with Crippen LogP contribution in [0.25, 0.3) is 22.3 Å². The number of nitro groups is 1. The molecule has 0 aliphatic heterocycles. The van der Waals surface area contributed by atoms with E-state index < -0.39 is 22.5 Å². The molecule has 0 fully saturated rings. The molecule has 0 radical (unpaired) electrons. The van der Waals surface area contributed by atoms with Crippen molar-refractivity contribution in [2.24, 2.45) is 0 Å². The van der Waals surface area contributed by atoms with E-state index in [1.165, 1.54) is 95.6 Å². The van der Waals surface area contributed by atoms with Gasteiger partial charge in [-0.05, 0) is 123 Å². The van der Waals surface area contributed by atoms with Crippen molar-refractivity contribution >= 4 is 23.3 Å². The van der Waals surface area contributed by atoms with Gasteiger partial charge in [0.15, 0.2) is 0 Å². The highest BCUT2D eigenvalue weighted by Crippen LogP contribution is 2.39. The Kier molecular flexibility index (Phi) is 31.7. The summed E-state index contributed by atoms with van der Waals surface area (Å²) in [5.74, 6) is 7.25. The SMILES string of the molecule is CCCCCCCCCCOc1ccc(-c2ccc(C(=O)Oc3cc(N(C)C)c(O[C@@H](C)CCCCCC)cc3C#Cc3cc(OC(=O)c4ccc(-c5ccc(OCCCCCCCCCC)cc5)cc4)c([N+](=O)[O-])cc3O[C@@H](C)CCCCCC)cc2)cc1. The van der Waals surface area contributed by atoms with Gasteiger partial charge in [-0.15, -0.1) is 0 Å². The van der Waals surface area contributed by atoms with E-state index in [2.05, 4.69) is 39.5 Å². The highest BCUT2D eigenvalue weighted by atomic mass is 16.6. The first kappa shape index (κ1) is 71.3. The van der Waals surface area contributed by atoms with E-state index >= 15 is 0 Å². The molecule has 0 aliphatic carbocycles. The molecule has 0 amide bonds. The maximum Gasteiger partial charge on any atom is 0.343 e. The van der Waals surface area contributed by atoms with Crippen molar-refractivity contribution in [1.82, 2.24) is 0 Å². The Labute approximate surface area is 538 Å². The van der Waals surface area contributed by atoms with Crippen molar-refractivity contribution in [3.05, 3.63) is 154 Å². The third-order valence-corrected chi connectivity index (χ3v) is 16.3. The molecule has 0 heterocycles. The van der Waals surface area contributed by atoms with E-state index in [9.17, 15) is 19.7 Å². The molecule has 0 N–H and O–H groups in total. The van der Waals surface area contributed by atoms with Gasteiger partial charge in [0.2, 0.25) is 5.75 Å². The molecule has 90 heavy (non-hydrogen) atoms. The number of carbonyl (C=O) groups excluding carboxylic acids is 2. The minimum atomic E-state index is -0.787. The molecule has 0 unspecified atom stereocenters. The van der Waals surface area contributed by atoms with Crippen LogP contribution in [0, 0.1) is 22.0 Å².